The third-order valence-corrected chi connectivity index (χ3v) is 8.20. The van der Waals surface area contributed by atoms with Crippen LogP contribution in [0.2, 0.25) is 5.02 Å². The van der Waals surface area contributed by atoms with E-state index in [1.54, 1.807) is 12.1 Å². The number of sulfonamides is 1. The van der Waals surface area contributed by atoms with Crippen molar-refractivity contribution in [2.45, 2.75) is 17.2 Å². The molecule has 1 saturated heterocycles. The first-order chi connectivity index (χ1) is 12.9. The van der Waals surface area contributed by atoms with Crippen LogP contribution in [0.1, 0.15) is 27.6 Å². The molecule has 1 atom stereocenters. The number of benzene rings is 2. The van der Waals surface area contributed by atoms with Gasteiger partial charge in [-0.1, -0.05) is 29.8 Å². The van der Waals surface area contributed by atoms with Gasteiger partial charge in [0.1, 0.15) is 0 Å². The second-order valence-corrected chi connectivity index (χ2v) is 9.93. The van der Waals surface area contributed by atoms with Crippen LogP contribution in [-0.2, 0) is 10.0 Å². The third-order valence-electron chi connectivity index (χ3n) is 4.87. The zero-order valence-corrected chi connectivity index (χ0v) is 16.7. The van der Waals surface area contributed by atoms with Crippen LogP contribution in [-0.4, -0.2) is 31.7 Å². The highest BCUT2D eigenvalue weighted by molar-refractivity contribution is 7.89. The summed E-state index contributed by atoms with van der Waals surface area (Å²) in [6.45, 7) is 0.726. The van der Waals surface area contributed by atoms with E-state index in [4.69, 9.17) is 17.3 Å². The van der Waals surface area contributed by atoms with Crippen LogP contribution in [0.5, 0.6) is 0 Å². The van der Waals surface area contributed by atoms with Crippen LogP contribution >= 0.6 is 22.9 Å². The van der Waals surface area contributed by atoms with Gasteiger partial charge in [0.05, 0.1) is 9.77 Å². The number of primary amides is 1. The fourth-order valence-electron chi connectivity index (χ4n) is 3.59. The fourth-order valence-corrected chi connectivity index (χ4v) is 6.36. The molecule has 1 unspecified atom stereocenters. The number of rotatable bonds is 4. The molecule has 8 heteroatoms. The summed E-state index contributed by atoms with van der Waals surface area (Å²) in [5.74, 6) is -0.532. The van der Waals surface area contributed by atoms with Crippen LogP contribution in [0.4, 0.5) is 0 Å². The van der Waals surface area contributed by atoms with Gasteiger partial charge in [0.15, 0.2) is 0 Å². The second kappa shape index (κ2) is 6.91. The summed E-state index contributed by atoms with van der Waals surface area (Å²) in [5, 5.41) is 1.47. The number of halogens is 1. The van der Waals surface area contributed by atoms with E-state index in [1.165, 1.54) is 27.8 Å². The van der Waals surface area contributed by atoms with Crippen molar-refractivity contribution in [1.82, 2.24) is 4.31 Å². The van der Waals surface area contributed by atoms with Crippen molar-refractivity contribution in [1.29, 1.82) is 0 Å². The molecule has 27 heavy (non-hydrogen) atoms. The topological polar surface area (TPSA) is 80.5 Å². The van der Waals surface area contributed by atoms with E-state index < -0.39 is 15.9 Å². The molecule has 0 radical (unpaired) electrons. The monoisotopic (exact) mass is 420 g/mol. The van der Waals surface area contributed by atoms with Gasteiger partial charge in [-0.3, -0.25) is 4.79 Å². The number of amides is 1. The molecule has 1 fully saturated rings. The van der Waals surface area contributed by atoms with Crippen molar-refractivity contribution < 1.29 is 13.2 Å². The average molecular weight is 421 g/mol. The predicted molar refractivity (Wildman–Crippen MR) is 108 cm³/mol. The first-order valence-electron chi connectivity index (χ1n) is 8.45. The Hall–Kier alpha value is -1.93. The zero-order chi connectivity index (χ0) is 19.2. The van der Waals surface area contributed by atoms with Crippen molar-refractivity contribution in [3.05, 3.63) is 64.0 Å². The number of carbonyl (C=O) groups excluding carboxylic acids is 1. The molecule has 2 heterocycles. The molecule has 4 rings (SSSR count). The molecule has 140 valence electrons. The van der Waals surface area contributed by atoms with Crippen molar-refractivity contribution in [3.63, 3.8) is 0 Å². The molecule has 0 aliphatic carbocycles. The highest BCUT2D eigenvalue weighted by Crippen LogP contribution is 2.41. The number of carbonyl (C=O) groups is 1. The molecule has 3 aromatic rings. The van der Waals surface area contributed by atoms with Gasteiger partial charge in [0.25, 0.3) is 5.91 Å². The maximum atomic E-state index is 12.9. The van der Waals surface area contributed by atoms with E-state index in [-0.39, 0.29) is 10.8 Å². The van der Waals surface area contributed by atoms with Gasteiger partial charge in [-0.2, -0.15) is 4.31 Å². The van der Waals surface area contributed by atoms with Crippen molar-refractivity contribution >= 4 is 49.0 Å². The standard InChI is InChI=1S/C19H17ClN2O3S2/c20-13-5-7-14(8-6-13)27(24,25)22-10-9-12(11-22)17-15-3-1-2-4-16(15)26-18(17)19(21)23/h1-8,12H,9-11H2,(H2,21,23). The van der Waals surface area contributed by atoms with E-state index in [9.17, 15) is 13.2 Å². The molecular formula is C19H17ClN2O3S2. The summed E-state index contributed by atoms with van der Waals surface area (Å²) >= 11 is 7.23. The van der Waals surface area contributed by atoms with E-state index in [0.29, 0.717) is 29.4 Å². The quantitative estimate of drug-likeness (QED) is 0.696. The maximum absolute atomic E-state index is 12.9. The summed E-state index contributed by atoms with van der Waals surface area (Å²) in [6, 6.07) is 13.9. The van der Waals surface area contributed by atoms with Crippen molar-refractivity contribution in [2.75, 3.05) is 13.1 Å². The zero-order valence-electron chi connectivity index (χ0n) is 14.3. The molecular weight excluding hydrogens is 404 g/mol. The molecule has 1 aromatic heterocycles. The van der Waals surface area contributed by atoms with Gasteiger partial charge in [0, 0.05) is 28.7 Å². The van der Waals surface area contributed by atoms with Gasteiger partial charge in [-0.05, 0) is 47.7 Å². The molecule has 0 saturated carbocycles. The summed E-state index contributed by atoms with van der Waals surface area (Å²) in [7, 11) is -3.60. The minimum atomic E-state index is -3.60. The fraction of sp³-hybridized carbons (Fsp3) is 0.211. The van der Waals surface area contributed by atoms with Crippen LogP contribution in [0.25, 0.3) is 10.1 Å². The van der Waals surface area contributed by atoms with Gasteiger partial charge >= 0.3 is 0 Å². The number of thiophene rings is 1. The molecule has 0 bridgehead atoms. The van der Waals surface area contributed by atoms with E-state index >= 15 is 0 Å². The van der Waals surface area contributed by atoms with E-state index in [2.05, 4.69) is 0 Å². The molecule has 0 spiro atoms. The molecule has 1 aliphatic heterocycles. The van der Waals surface area contributed by atoms with Crippen LogP contribution in [0, 0.1) is 0 Å². The third kappa shape index (κ3) is 3.25. The molecule has 5 nitrogen and oxygen atoms in total. The number of hydrogen-bond donors (Lipinski definition) is 1. The Kier molecular flexibility index (Phi) is 4.71. The Labute approximate surface area is 166 Å². The first-order valence-corrected chi connectivity index (χ1v) is 11.1. The lowest BCUT2D eigenvalue weighted by atomic mass is 9.95. The Morgan fingerprint density at radius 2 is 1.85 bits per heavy atom. The Bertz CT molecular complexity index is 1120. The van der Waals surface area contributed by atoms with Gasteiger partial charge in [0.2, 0.25) is 10.0 Å². The van der Waals surface area contributed by atoms with Gasteiger partial charge in [-0.15, -0.1) is 11.3 Å². The number of hydrogen-bond acceptors (Lipinski definition) is 4. The summed E-state index contributed by atoms with van der Waals surface area (Å²) in [4.78, 5) is 12.7. The Morgan fingerprint density at radius 1 is 1.15 bits per heavy atom. The normalized spacial score (nSPS) is 18.2. The van der Waals surface area contributed by atoms with Gasteiger partial charge in [-0.25, -0.2) is 8.42 Å². The van der Waals surface area contributed by atoms with Crippen LogP contribution in [0.15, 0.2) is 53.4 Å². The molecule has 2 aromatic carbocycles. The Balaban J connectivity index is 1.69. The molecule has 2 N–H and O–H groups in total. The minimum absolute atomic E-state index is 0.0641. The van der Waals surface area contributed by atoms with Gasteiger partial charge < -0.3 is 5.73 Å². The lowest BCUT2D eigenvalue weighted by Crippen LogP contribution is -2.28. The van der Waals surface area contributed by atoms with Crippen LogP contribution < -0.4 is 5.73 Å². The first kappa shape index (κ1) is 18.4. The van der Waals surface area contributed by atoms with Crippen molar-refractivity contribution in [3.8, 4) is 0 Å². The van der Waals surface area contributed by atoms with E-state index in [1.807, 2.05) is 24.3 Å². The maximum Gasteiger partial charge on any atom is 0.259 e. The lowest BCUT2D eigenvalue weighted by molar-refractivity contribution is 0.100. The Morgan fingerprint density at radius 3 is 2.56 bits per heavy atom. The summed E-state index contributed by atoms with van der Waals surface area (Å²) < 4.78 is 28.3. The molecule has 1 aliphatic rings. The highest BCUT2D eigenvalue weighted by atomic mass is 35.5. The lowest BCUT2D eigenvalue weighted by Gasteiger charge is -2.17. The smallest absolute Gasteiger partial charge is 0.259 e. The number of nitrogens with two attached hydrogens (primary N) is 1. The SMILES string of the molecule is NC(=O)c1sc2ccccc2c1C1CCN(S(=O)(=O)c2ccc(Cl)cc2)C1. The summed E-state index contributed by atoms with van der Waals surface area (Å²) in [6.07, 6.45) is 0.647. The number of nitrogens with zero attached hydrogens (tertiary/aromatic N) is 1. The van der Waals surface area contributed by atoms with E-state index in [0.717, 1.165) is 15.6 Å². The molecule has 1 amide bonds. The largest absolute Gasteiger partial charge is 0.365 e. The average Bonchev–Trinajstić information content (AvgIpc) is 3.27. The highest BCUT2D eigenvalue weighted by Gasteiger charge is 2.36. The van der Waals surface area contributed by atoms with Crippen LogP contribution in [0.3, 0.4) is 0 Å². The minimum Gasteiger partial charge on any atom is -0.365 e. The number of fused-ring (bicyclic) bond motifs is 1. The van der Waals surface area contributed by atoms with Crippen molar-refractivity contribution in [2.24, 2.45) is 5.73 Å². The summed E-state index contributed by atoms with van der Waals surface area (Å²) in [5.41, 5.74) is 6.47. The predicted octanol–water partition coefficient (Wildman–Crippen LogP) is 3.83. The second-order valence-electron chi connectivity index (χ2n) is 6.51.